The molecule has 1 N–H and O–H groups in total. The number of nitrogens with zero attached hydrogens (tertiary/aromatic N) is 7. The van der Waals surface area contributed by atoms with Crippen LogP contribution in [0, 0.1) is 5.92 Å². The van der Waals surface area contributed by atoms with E-state index >= 15 is 0 Å². The van der Waals surface area contributed by atoms with Gasteiger partial charge in [0.15, 0.2) is 17.8 Å². The van der Waals surface area contributed by atoms with Crippen LogP contribution in [0.15, 0.2) is 26.5 Å². The van der Waals surface area contributed by atoms with Gasteiger partial charge in [-0.2, -0.15) is 13.2 Å². The maximum atomic E-state index is 14.0. The van der Waals surface area contributed by atoms with Crippen molar-refractivity contribution < 1.29 is 36.8 Å². The van der Waals surface area contributed by atoms with Crippen LogP contribution in [-0.2, 0) is 39.3 Å². The molecule has 6 rings (SSSR count). The van der Waals surface area contributed by atoms with Gasteiger partial charge in [-0.15, -0.1) is 5.06 Å². The third-order valence-corrected chi connectivity index (χ3v) is 8.12. The van der Waals surface area contributed by atoms with E-state index in [0.717, 1.165) is 9.13 Å². The summed E-state index contributed by atoms with van der Waals surface area (Å²) in [7, 11) is 1.24. The summed E-state index contributed by atoms with van der Waals surface area (Å²) in [5, 5.41) is 3.94. The quantitative estimate of drug-likeness (QED) is 0.427. The van der Waals surface area contributed by atoms with E-state index in [2.05, 4.69) is 10.3 Å². The fourth-order valence-corrected chi connectivity index (χ4v) is 6.14. The van der Waals surface area contributed by atoms with Crippen LogP contribution in [0.25, 0.3) is 0 Å². The number of morpholine rings is 1. The zero-order valence-corrected chi connectivity index (χ0v) is 22.6. The Bertz CT molecular complexity index is 1470. The van der Waals surface area contributed by atoms with Crippen molar-refractivity contribution >= 4 is 23.4 Å². The fraction of sp³-hybridized carbons (Fsp3) is 0.625. The number of rotatable bonds is 6. The standard InChI is InChI=1S/C24H29F3N8O7/c1-30-19-18(20(37)34(23(30)39)13-17(36)31-5-8-40-9-6-31)33(12-16-29-3-7-41-16)22(35(19)42-21(38)24(25,26)27)32-4-2-14-10-28-11-15(14)32/h3,7,14-15,22,28H,2,4-6,8-13H2,1H3. The van der Waals surface area contributed by atoms with Gasteiger partial charge >= 0.3 is 17.8 Å². The van der Waals surface area contributed by atoms with E-state index in [4.69, 9.17) is 14.0 Å². The van der Waals surface area contributed by atoms with Gasteiger partial charge in [0.2, 0.25) is 11.8 Å². The van der Waals surface area contributed by atoms with Crippen LogP contribution in [0.4, 0.5) is 24.7 Å². The van der Waals surface area contributed by atoms with Crippen molar-refractivity contribution in [1.29, 1.82) is 0 Å². The van der Waals surface area contributed by atoms with Gasteiger partial charge < -0.3 is 29.1 Å². The normalized spacial score (nSPS) is 24.3. The summed E-state index contributed by atoms with van der Waals surface area (Å²) in [5.74, 6) is -3.07. The molecule has 42 heavy (non-hydrogen) atoms. The maximum absolute atomic E-state index is 14.0. The van der Waals surface area contributed by atoms with E-state index in [-0.39, 0.29) is 49.0 Å². The number of alkyl halides is 3. The first-order valence-electron chi connectivity index (χ1n) is 13.5. The van der Waals surface area contributed by atoms with Crippen LogP contribution in [0.2, 0.25) is 0 Å². The van der Waals surface area contributed by atoms with Gasteiger partial charge in [-0.05, 0) is 18.9 Å². The lowest BCUT2D eigenvalue weighted by Gasteiger charge is -2.39. The number of oxazole rings is 1. The van der Waals surface area contributed by atoms with Crippen molar-refractivity contribution in [1.82, 2.24) is 29.2 Å². The molecule has 6 heterocycles. The Labute approximate surface area is 235 Å². The van der Waals surface area contributed by atoms with Crippen LogP contribution in [0.1, 0.15) is 12.3 Å². The summed E-state index contributed by atoms with van der Waals surface area (Å²) in [6, 6.07) is -0.161. The molecule has 18 heteroatoms. The summed E-state index contributed by atoms with van der Waals surface area (Å²) in [6.07, 6.45) is -3.24. The average molecular weight is 599 g/mol. The molecule has 3 atom stereocenters. The summed E-state index contributed by atoms with van der Waals surface area (Å²) in [4.78, 5) is 66.6. The molecule has 4 aliphatic rings. The fourth-order valence-electron chi connectivity index (χ4n) is 6.14. The number of nitrogens with one attached hydrogen (secondary N) is 1. The second-order valence-electron chi connectivity index (χ2n) is 10.5. The minimum atomic E-state index is -5.36. The highest BCUT2D eigenvalue weighted by molar-refractivity contribution is 5.80. The molecule has 228 valence electrons. The lowest BCUT2D eigenvalue weighted by molar-refractivity contribution is -0.203. The van der Waals surface area contributed by atoms with E-state index < -0.39 is 42.1 Å². The zero-order valence-electron chi connectivity index (χ0n) is 22.6. The molecule has 3 fully saturated rings. The van der Waals surface area contributed by atoms with Crippen molar-refractivity contribution in [3.63, 3.8) is 0 Å². The van der Waals surface area contributed by atoms with E-state index in [1.54, 1.807) is 0 Å². The van der Waals surface area contributed by atoms with Gasteiger partial charge in [0, 0.05) is 39.3 Å². The third-order valence-electron chi connectivity index (χ3n) is 8.12. The number of hydrogen-bond donors (Lipinski definition) is 1. The Morgan fingerprint density at radius 3 is 2.62 bits per heavy atom. The number of hydrogen-bond acceptors (Lipinski definition) is 12. The number of carbonyl (C=O) groups excluding carboxylic acids is 2. The van der Waals surface area contributed by atoms with E-state index in [1.807, 2.05) is 4.90 Å². The van der Waals surface area contributed by atoms with Crippen LogP contribution in [-0.4, -0.2) is 100 Å². The minimum absolute atomic E-state index is 0.124. The lowest BCUT2D eigenvalue weighted by Crippen LogP contribution is -2.59. The van der Waals surface area contributed by atoms with Gasteiger partial charge in [0.25, 0.3) is 5.56 Å². The van der Waals surface area contributed by atoms with Gasteiger partial charge in [-0.3, -0.25) is 19.1 Å². The van der Waals surface area contributed by atoms with Crippen LogP contribution < -0.4 is 26.5 Å². The topological polar surface area (TPSA) is 148 Å². The summed E-state index contributed by atoms with van der Waals surface area (Å²) in [5.41, 5.74) is -2.14. The summed E-state index contributed by atoms with van der Waals surface area (Å²) < 4.78 is 52.8. The third kappa shape index (κ3) is 4.82. The Hall–Kier alpha value is -3.90. The first-order valence-corrected chi connectivity index (χ1v) is 13.5. The molecule has 3 unspecified atom stereocenters. The molecule has 15 nitrogen and oxygen atoms in total. The highest BCUT2D eigenvalue weighted by Gasteiger charge is 2.54. The van der Waals surface area contributed by atoms with Crippen LogP contribution >= 0.6 is 0 Å². The number of aromatic nitrogens is 3. The molecule has 2 aromatic rings. The predicted molar refractivity (Wildman–Crippen MR) is 136 cm³/mol. The molecule has 0 spiro atoms. The van der Waals surface area contributed by atoms with Gasteiger partial charge in [-0.1, -0.05) is 0 Å². The lowest BCUT2D eigenvalue weighted by atomic mass is 10.1. The number of ether oxygens (including phenoxy) is 1. The molecule has 0 bridgehead atoms. The number of anilines is 2. The molecule has 0 saturated carbocycles. The maximum Gasteiger partial charge on any atom is 0.493 e. The highest BCUT2D eigenvalue weighted by atomic mass is 19.4. The van der Waals surface area contributed by atoms with E-state index in [9.17, 15) is 32.3 Å². The average Bonchev–Trinajstić information content (AvgIpc) is 3.75. The number of likely N-dealkylation sites (tertiary alicyclic amines) is 1. The largest absolute Gasteiger partial charge is 0.493 e. The number of fused-ring (bicyclic) bond motifs is 2. The Balaban J connectivity index is 1.49. The number of halogens is 3. The van der Waals surface area contributed by atoms with Crippen molar-refractivity contribution in [2.24, 2.45) is 13.0 Å². The van der Waals surface area contributed by atoms with Crippen molar-refractivity contribution in [3.8, 4) is 0 Å². The van der Waals surface area contributed by atoms with Gasteiger partial charge in [0.05, 0.1) is 26.0 Å². The summed E-state index contributed by atoms with van der Waals surface area (Å²) in [6.45, 7) is 1.99. The van der Waals surface area contributed by atoms with Gasteiger partial charge in [-0.25, -0.2) is 19.1 Å². The van der Waals surface area contributed by atoms with Gasteiger partial charge in [0.1, 0.15) is 12.8 Å². The molecule has 0 radical (unpaired) electrons. The second kappa shape index (κ2) is 10.7. The SMILES string of the molecule is Cn1c2c(c(=O)n(CC(=O)N3CCOCC3)c1=O)N(Cc1ncco1)C(N1CCC3CNCC31)N2OC(=O)C(F)(F)F. The van der Waals surface area contributed by atoms with Crippen molar-refractivity contribution in [2.75, 3.05) is 55.9 Å². The molecule has 2 aromatic heterocycles. The molecular weight excluding hydrogens is 569 g/mol. The highest BCUT2D eigenvalue weighted by Crippen LogP contribution is 2.42. The predicted octanol–water partition coefficient (Wildman–Crippen LogP) is -1.18. The minimum Gasteiger partial charge on any atom is -0.447 e. The monoisotopic (exact) mass is 598 g/mol. The molecular formula is C24H29F3N8O7. The molecule has 0 aliphatic carbocycles. The number of hydroxylamine groups is 1. The molecule has 0 aromatic carbocycles. The second-order valence-corrected chi connectivity index (χ2v) is 10.5. The Morgan fingerprint density at radius 2 is 1.93 bits per heavy atom. The van der Waals surface area contributed by atoms with E-state index in [1.165, 1.54) is 29.3 Å². The Kier molecular flexibility index (Phi) is 7.22. The molecule has 1 amide bonds. The first-order chi connectivity index (χ1) is 20.1. The zero-order chi connectivity index (χ0) is 29.8. The van der Waals surface area contributed by atoms with E-state index in [0.29, 0.717) is 44.3 Å². The number of carbonyl (C=O) groups is 2. The first kappa shape index (κ1) is 28.2. The number of amides is 1. The van der Waals surface area contributed by atoms with Crippen LogP contribution in [0.5, 0.6) is 0 Å². The van der Waals surface area contributed by atoms with Crippen molar-refractivity contribution in [2.45, 2.75) is 38.0 Å². The Morgan fingerprint density at radius 1 is 1.17 bits per heavy atom. The molecule has 4 aliphatic heterocycles. The molecule has 3 saturated heterocycles. The smallest absolute Gasteiger partial charge is 0.447 e. The summed E-state index contributed by atoms with van der Waals surface area (Å²) >= 11 is 0. The van der Waals surface area contributed by atoms with Crippen molar-refractivity contribution in [3.05, 3.63) is 39.2 Å². The van der Waals surface area contributed by atoms with Crippen LogP contribution in [0.3, 0.4) is 0 Å².